The van der Waals surface area contributed by atoms with Gasteiger partial charge in [0, 0.05) is 13.1 Å². The number of nitrogens with zero attached hydrogens (tertiary/aromatic N) is 2. The van der Waals surface area contributed by atoms with Gasteiger partial charge in [-0.1, -0.05) is 44.2 Å². The van der Waals surface area contributed by atoms with Gasteiger partial charge in [0.25, 0.3) is 0 Å². The van der Waals surface area contributed by atoms with Crippen molar-refractivity contribution in [3.05, 3.63) is 35.9 Å². The Balaban J connectivity index is 2.39. The molecule has 1 aromatic carbocycles. The van der Waals surface area contributed by atoms with Crippen molar-refractivity contribution in [3.63, 3.8) is 0 Å². The van der Waals surface area contributed by atoms with Crippen molar-refractivity contribution in [1.82, 2.24) is 4.90 Å². The van der Waals surface area contributed by atoms with Gasteiger partial charge in [-0.15, -0.1) is 0 Å². The Morgan fingerprint density at radius 3 is 2.25 bits per heavy atom. The fourth-order valence-electron chi connectivity index (χ4n) is 1.65. The molecule has 2 nitrogen and oxygen atoms in total. The third-order valence-corrected chi connectivity index (χ3v) is 2.38. The molecule has 0 atom stereocenters. The Bertz CT molecular complexity index is 287. The standard InChI is InChI=1S/C14H22N2/c1-3-10-16(11-4-2)13-15-12-14-8-6-5-7-9-14/h5-9,13H,3-4,10-12H2,1-2H3. The van der Waals surface area contributed by atoms with Gasteiger partial charge >= 0.3 is 0 Å². The molecule has 0 spiro atoms. The lowest BCUT2D eigenvalue weighted by molar-refractivity contribution is 0.427. The SMILES string of the molecule is CCCN(C=NCc1ccccc1)CCC. The molecule has 0 radical (unpaired) electrons. The van der Waals surface area contributed by atoms with Crippen LogP contribution in [0, 0.1) is 0 Å². The van der Waals surface area contributed by atoms with E-state index in [1.165, 1.54) is 18.4 Å². The van der Waals surface area contributed by atoms with Crippen LogP contribution in [-0.4, -0.2) is 24.3 Å². The lowest BCUT2D eigenvalue weighted by Crippen LogP contribution is -2.23. The van der Waals surface area contributed by atoms with Crippen molar-refractivity contribution in [3.8, 4) is 0 Å². The van der Waals surface area contributed by atoms with Crippen LogP contribution in [0.2, 0.25) is 0 Å². The van der Waals surface area contributed by atoms with Crippen molar-refractivity contribution in [2.24, 2.45) is 4.99 Å². The minimum absolute atomic E-state index is 0.783. The Labute approximate surface area is 99.0 Å². The molecule has 88 valence electrons. The lowest BCUT2D eigenvalue weighted by atomic mass is 10.2. The number of hydrogen-bond acceptors (Lipinski definition) is 1. The first-order valence-corrected chi connectivity index (χ1v) is 6.14. The highest BCUT2D eigenvalue weighted by Gasteiger charge is 1.95. The maximum Gasteiger partial charge on any atom is 0.0853 e. The summed E-state index contributed by atoms with van der Waals surface area (Å²) in [6.45, 7) is 7.39. The van der Waals surface area contributed by atoms with Gasteiger partial charge in [0.1, 0.15) is 0 Å². The summed E-state index contributed by atoms with van der Waals surface area (Å²) in [4.78, 5) is 6.77. The summed E-state index contributed by atoms with van der Waals surface area (Å²) in [6.07, 6.45) is 4.36. The predicted octanol–water partition coefficient (Wildman–Crippen LogP) is 3.34. The molecule has 0 aromatic heterocycles. The average Bonchev–Trinajstić information content (AvgIpc) is 2.31. The van der Waals surface area contributed by atoms with Gasteiger partial charge in [-0.2, -0.15) is 0 Å². The van der Waals surface area contributed by atoms with E-state index in [9.17, 15) is 0 Å². The van der Waals surface area contributed by atoms with Gasteiger partial charge in [0.05, 0.1) is 12.9 Å². The molecule has 0 saturated heterocycles. The van der Waals surface area contributed by atoms with E-state index < -0.39 is 0 Å². The fraction of sp³-hybridized carbons (Fsp3) is 0.500. The molecule has 16 heavy (non-hydrogen) atoms. The topological polar surface area (TPSA) is 15.6 Å². The van der Waals surface area contributed by atoms with Gasteiger partial charge in [-0.25, -0.2) is 0 Å². The van der Waals surface area contributed by atoms with Crippen LogP contribution >= 0.6 is 0 Å². The molecule has 0 aliphatic carbocycles. The van der Waals surface area contributed by atoms with Crippen molar-refractivity contribution >= 4 is 6.34 Å². The second-order valence-electron chi connectivity index (χ2n) is 3.98. The molecule has 1 rings (SSSR count). The highest BCUT2D eigenvalue weighted by molar-refractivity contribution is 5.54. The quantitative estimate of drug-likeness (QED) is 0.506. The van der Waals surface area contributed by atoms with E-state index in [-0.39, 0.29) is 0 Å². The molecular formula is C14H22N2. The Kier molecular flexibility index (Phi) is 6.31. The van der Waals surface area contributed by atoms with Crippen LogP contribution in [-0.2, 0) is 6.54 Å². The summed E-state index contributed by atoms with van der Waals surface area (Å²) >= 11 is 0. The maximum atomic E-state index is 4.48. The zero-order chi connectivity index (χ0) is 11.6. The van der Waals surface area contributed by atoms with Crippen LogP contribution in [0.25, 0.3) is 0 Å². The Morgan fingerprint density at radius 2 is 1.69 bits per heavy atom. The van der Waals surface area contributed by atoms with Gasteiger partial charge in [0.15, 0.2) is 0 Å². The van der Waals surface area contributed by atoms with E-state index in [2.05, 4.69) is 48.0 Å². The van der Waals surface area contributed by atoms with Crippen molar-refractivity contribution in [2.45, 2.75) is 33.2 Å². The monoisotopic (exact) mass is 218 g/mol. The van der Waals surface area contributed by atoms with Crippen LogP contribution in [0.3, 0.4) is 0 Å². The third-order valence-electron chi connectivity index (χ3n) is 2.38. The normalized spacial score (nSPS) is 10.9. The first kappa shape index (κ1) is 12.8. The zero-order valence-corrected chi connectivity index (χ0v) is 10.4. The average molecular weight is 218 g/mol. The van der Waals surface area contributed by atoms with Crippen LogP contribution < -0.4 is 0 Å². The van der Waals surface area contributed by atoms with Crippen LogP contribution in [0.4, 0.5) is 0 Å². The van der Waals surface area contributed by atoms with E-state index in [0.717, 1.165) is 19.6 Å². The van der Waals surface area contributed by atoms with E-state index >= 15 is 0 Å². The fourth-order valence-corrected chi connectivity index (χ4v) is 1.65. The van der Waals surface area contributed by atoms with Gasteiger partial charge < -0.3 is 4.90 Å². The van der Waals surface area contributed by atoms with Crippen LogP contribution in [0.15, 0.2) is 35.3 Å². The molecular weight excluding hydrogens is 196 g/mol. The van der Waals surface area contributed by atoms with Gasteiger partial charge in [-0.05, 0) is 18.4 Å². The van der Waals surface area contributed by atoms with Crippen molar-refractivity contribution in [1.29, 1.82) is 0 Å². The minimum Gasteiger partial charge on any atom is -0.363 e. The van der Waals surface area contributed by atoms with E-state index in [1.807, 2.05) is 12.4 Å². The summed E-state index contributed by atoms with van der Waals surface area (Å²) in [5.41, 5.74) is 1.27. The highest BCUT2D eigenvalue weighted by Crippen LogP contribution is 2.00. The lowest BCUT2D eigenvalue weighted by Gasteiger charge is -2.17. The van der Waals surface area contributed by atoms with E-state index in [4.69, 9.17) is 0 Å². The molecule has 2 heteroatoms. The highest BCUT2D eigenvalue weighted by atomic mass is 15.1. The number of hydrogen-bond donors (Lipinski definition) is 0. The van der Waals surface area contributed by atoms with Crippen LogP contribution in [0.1, 0.15) is 32.3 Å². The molecule has 0 saturated carbocycles. The zero-order valence-electron chi connectivity index (χ0n) is 10.4. The van der Waals surface area contributed by atoms with Crippen molar-refractivity contribution in [2.75, 3.05) is 13.1 Å². The summed E-state index contributed by atoms with van der Waals surface area (Å²) in [7, 11) is 0. The molecule has 0 unspecified atom stereocenters. The molecule has 0 fully saturated rings. The Morgan fingerprint density at radius 1 is 1.06 bits per heavy atom. The first-order chi connectivity index (χ1) is 7.86. The number of aliphatic imine (C=N–C) groups is 1. The molecule has 0 aliphatic heterocycles. The predicted molar refractivity (Wildman–Crippen MR) is 70.8 cm³/mol. The third kappa shape index (κ3) is 4.96. The molecule has 0 N–H and O–H groups in total. The summed E-state index contributed by atoms with van der Waals surface area (Å²) in [5, 5.41) is 0. The second kappa shape index (κ2) is 7.91. The molecule has 0 aliphatic rings. The minimum atomic E-state index is 0.783. The summed E-state index contributed by atoms with van der Waals surface area (Å²) in [5.74, 6) is 0. The first-order valence-electron chi connectivity index (χ1n) is 6.14. The summed E-state index contributed by atoms with van der Waals surface area (Å²) in [6, 6.07) is 10.4. The maximum absolute atomic E-state index is 4.48. The molecule has 0 bridgehead atoms. The second-order valence-corrected chi connectivity index (χ2v) is 3.98. The van der Waals surface area contributed by atoms with E-state index in [0.29, 0.717) is 0 Å². The van der Waals surface area contributed by atoms with E-state index in [1.54, 1.807) is 0 Å². The molecule has 1 aromatic rings. The molecule has 0 amide bonds. The Hall–Kier alpha value is -1.31. The van der Waals surface area contributed by atoms with Gasteiger partial charge in [-0.3, -0.25) is 4.99 Å². The number of rotatable bonds is 7. The number of benzene rings is 1. The molecule has 0 heterocycles. The van der Waals surface area contributed by atoms with Gasteiger partial charge in [0.2, 0.25) is 0 Å². The largest absolute Gasteiger partial charge is 0.363 e. The van der Waals surface area contributed by atoms with Crippen LogP contribution in [0.5, 0.6) is 0 Å². The smallest absolute Gasteiger partial charge is 0.0853 e. The summed E-state index contributed by atoms with van der Waals surface area (Å²) < 4.78 is 0. The van der Waals surface area contributed by atoms with Crippen molar-refractivity contribution < 1.29 is 0 Å².